The lowest BCUT2D eigenvalue weighted by atomic mass is 10.1. The molecule has 0 bridgehead atoms. The summed E-state index contributed by atoms with van der Waals surface area (Å²) in [7, 11) is 0. The SMILES string of the molecule is C[C@H](NC(=O)NC[C@H]1CSCCS1)c1ccccc1. The third-order valence-corrected chi connectivity index (χ3v) is 5.87. The van der Waals surface area contributed by atoms with Crippen molar-refractivity contribution in [3.8, 4) is 0 Å². The Balaban J connectivity index is 1.71. The first-order valence-electron chi connectivity index (χ1n) is 6.54. The maximum atomic E-state index is 11.8. The fourth-order valence-corrected chi connectivity index (χ4v) is 4.55. The van der Waals surface area contributed by atoms with E-state index in [0.29, 0.717) is 5.25 Å². The van der Waals surface area contributed by atoms with Crippen LogP contribution in [0.25, 0.3) is 0 Å². The Kier molecular flexibility index (Phi) is 5.92. The van der Waals surface area contributed by atoms with Crippen molar-refractivity contribution in [1.29, 1.82) is 0 Å². The van der Waals surface area contributed by atoms with Crippen molar-refractivity contribution in [3.63, 3.8) is 0 Å². The third kappa shape index (κ3) is 4.99. The molecule has 0 aromatic heterocycles. The average molecular weight is 296 g/mol. The largest absolute Gasteiger partial charge is 0.337 e. The highest BCUT2D eigenvalue weighted by Gasteiger charge is 2.15. The van der Waals surface area contributed by atoms with Crippen LogP contribution in [0.2, 0.25) is 0 Å². The van der Waals surface area contributed by atoms with E-state index in [1.54, 1.807) is 0 Å². The number of carbonyl (C=O) groups is 1. The normalized spacial score (nSPS) is 20.6. The zero-order valence-corrected chi connectivity index (χ0v) is 12.7. The van der Waals surface area contributed by atoms with E-state index >= 15 is 0 Å². The van der Waals surface area contributed by atoms with Crippen molar-refractivity contribution in [3.05, 3.63) is 35.9 Å². The van der Waals surface area contributed by atoms with E-state index in [1.165, 1.54) is 11.5 Å². The summed E-state index contributed by atoms with van der Waals surface area (Å²) >= 11 is 3.93. The minimum absolute atomic E-state index is 0.0367. The molecule has 2 N–H and O–H groups in total. The predicted octanol–water partition coefficient (Wildman–Crippen LogP) is 2.90. The number of nitrogens with one attached hydrogen (secondary N) is 2. The standard InChI is InChI=1S/C14H20N2OS2/c1-11(12-5-3-2-4-6-12)16-14(17)15-9-13-10-18-7-8-19-13/h2-6,11,13H,7-10H2,1H3,(H2,15,16,17)/t11-,13-/m0/s1. The first-order chi connectivity index (χ1) is 9.25. The van der Waals surface area contributed by atoms with Crippen LogP contribution >= 0.6 is 23.5 Å². The van der Waals surface area contributed by atoms with E-state index in [1.807, 2.05) is 60.8 Å². The Bertz CT molecular complexity index is 394. The van der Waals surface area contributed by atoms with Gasteiger partial charge in [-0.15, -0.1) is 0 Å². The van der Waals surface area contributed by atoms with Gasteiger partial charge in [0, 0.05) is 29.1 Å². The van der Waals surface area contributed by atoms with Crippen molar-refractivity contribution < 1.29 is 4.79 Å². The Morgan fingerprint density at radius 1 is 1.37 bits per heavy atom. The number of amides is 2. The summed E-state index contributed by atoms with van der Waals surface area (Å²) < 4.78 is 0. The summed E-state index contributed by atoms with van der Waals surface area (Å²) in [6.07, 6.45) is 0. The van der Waals surface area contributed by atoms with E-state index in [-0.39, 0.29) is 12.1 Å². The molecule has 1 aromatic carbocycles. The zero-order chi connectivity index (χ0) is 13.5. The summed E-state index contributed by atoms with van der Waals surface area (Å²) in [4.78, 5) is 11.8. The molecule has 0 aliphatic carbocycles. The van der Waals surface area contributed by atoms with Gasteiger partial charge in [-0.05, 0) is 12.5 Å². The van der Waals surface area contributed by atoms with E-state index in [2.05, 4.69) is 10.6 Å². The quantitative estimate of drug-likeness (QED) is 0.897. The Morgan fingerprint density at radius 3 is 2.84 bits per heavy atom. The minimum atomic E-state index is -0.0764. The van der Waals surface area contributed by atoms with Gasteiger partial charge in [-0.1, -0.05) is 30.3 Å². The van der Waals surface area contributed by atoms with Crippen molar-refractivity contribution in [2.75, 3.05) is 23.8 Å². The molecule has 1 saturated heterocycles. The second kappa shape index (κ2) is 7.70. The van der Waals surface area contributed by atoms with Crippen molar-refractivity contribution >= 4 is 29.6 Å². The van der Waals surface area contributed by atoms with Gasteiger partial charge < -0.3 is 10.6 Å². The van der Waals surface area contributed by atoms with Gasteiger partial charge >= 0.3 is 6.03 Å². The molecule has 0 spiro atoms. The summed E-state index contributed by atoms with van der Waals surface area (Å²) in [5, 5.41) is 6.49. The van der Waals surface area contributed by atoms with Gasteiger partial charge in [0.25, 0.3) is 0 Å². The van der Waals surface area contributed by atoms with Crippen LogP contribution in [-0.2, 0) is 0 Å². The lowest BCUT2D eigenvalue weighted by molar-refractivity contribution is 0.238. The van der Waals surface area contributed by atoms with E-state index < -0.39 is 0 Å². The van der Waals surface area contributed by atoms with Crippen LogP contribution in [0, 0.1) is 0 Å². The van der Waals surface area contributed by atoms with E-state index in [0.717, 1.165) is 17.9 Å². The lowest BCUT2D eigenvalue weighted by Crippen LogP contribution is -2.41. The molecule has 5 heteroatoms. The number of urea groups is 1. The van der Waals surface area contributed by atoms with Crippen molar-refractivity contribution in [2.24, 2.45) is 0 Å². The molecule has 2 amide bonds. The maximum absolute atomic E-state index is 11.8. The van der Waals surface area contributed by atoms with Crippen LogP contribution in [0.1, 0.15) is 18.5 Å². The highest BCUT2D eigenvalue weighted by Crippen LogP contribution is 2.23. The number of hydrogen-bond acceptors (Lipinski definition) is 3. The first kappa shape index (κ1) is 14.6. The van der Waals surface area contributed by atoms with E-state index in [4.69, 9.17) is 0 Å². The van der Waals surface area contributed by atoms with Crippen LogP contribution in [-0.4, -0.2) is 35.1 Å². The Labute approximate surface area is 123 Å². The lowest BCUT2D eigenvalue weighted by Gasteiger charge is -2.22. The van der Waals surface area contributed by atoms with Crippen LogP contribution < -0.4 is 10.6 Å². The van der Waals surface area contributed by atoms with Crippen molar-refractivity contribution in [2.45, 2.75) is 18.2 Å². The molecule has 1 heterocycles. The summed E-state index contributed by atoms with van der Waals surface area (Å²) in [6, 6.07) is 9.97. The molecule has 0 unspecified atom stereocenters. The molecule has 104 valence electrons. The number of carbonyl (C=O) groups excluding carboxylic acids is 1. The fourth-order valence-electron chi connectivity index (χ4n) is 1.93. The van der Waals surface area contributed by atoms with Gasteiger partial charge in [0.1, 0.15) is 0 Å². The van der Waals surface area contributed by atoms with Crippen LogP contribution in [0.3, 0.4) is 0 Å². The number of thioether (sulfide) groups is 2. The van der Waals surface area contributed by atoms with Gasteiger partial charge in [0.2, 0.25) is 0 Å². The maximum Gasteiger partial charge on any atom is 0.315 e. The van der Waals surface area contributed by atoms with Gasteiger partial charge in [0.05, 0.1) is 6.04 Å². The molecule has 2 rings (SSSR count). The fraction of sp³-hybridized carbons (Fsp3) is 0.500. The molecule has 19 heavy (non-hydrogen) atoms. The second-order valence-corrected chi connectivity index (χ2v) is 7.11. The van der Waals surface area contributed by atoms with Crippen molar-refractivity contribution in [1.82, 2.24) is 10.6 Å². The smallest absolute Gasteiger partial charge is 0.315 e. The zero-order valence-electron chi connectivity index (χ0n) is 11.1. The predicted molar refractivity (Wildman–Crippen MR) is 85.0 cm³/mol. The number of hydrogen-bond donors (Lipinski definition) is 2. The number of rotatable bonds is 4. The van der Waals surface area contributed by atoms with Gasteiger partial charge in [-0.2, -0.15) is 23.5 Å². The highest BCUT2D eigenvalue weighted by atomic mass is 32.2. The first-order valence-corrected chi connectivity index (χ1v) is 8.74. The summed E-state index contributed by atoms with van der Waals surface area (Å²) in [5.41, 5.74) is 1.13. The molecule has 0 saturated carbocycles. The van der Waals surface area contributed by atoms with Gasteiger partial charge in [-0.25, -0.2) is 4.79 Å². The summed E-state index contributed by atoms with van der Waals surface area (Å²) in [5.74, 6) is 3.57. The molecule has 1 aliphatic rings. The topological polar surface area (TPSA) is 41.1 Å². The molecule has 0 radical (unpaired) electrons. The number of benzene rings is 1. The average Bonchev–Trinajstić information content (AvgIpc) is 2.47. The second-order valence-electron chi connectivity index (χ2n) is 4.55. The van der Waals surface area contributed by atoms with E-state index in [9.17, 15) is 4.79 Å². The summed E-state index contributed by atoms with van der Waals surface area (Å²) in [6.45, 7) is 2.76. The van der Waals surface area contributed by atoms with Gasteiger partial charge in [-0.3, -0.25) is 0 Å². The highest BCUT2D eigenvalue weighted by molar-refractivity contribution is 8.06. The van der Waals surface area contributed by atoms with Crippen LogP contribution in [0.5, 0.6) is 0 Å². The van der Waals surface area contributed by atoms with Gasteiger partial charge in [0.15, 0.2) is 0 Å². The third-order valence-electron chi connectivity index (χ3n) is 3.02. The molecular weight excluding hydrogens is 276 g/mol. The molecule has 1 aromatic rings. The minimum Gasteiger partial charge on any atom is -0.337 e. The van der Waals surface area contributed by atoms with Crippen LogP contribution in [0.15, 0.2) is 30.3 Å². The molecular formula is C14H20N2OS2. The molecule has 3 nitrogen and oxygen atoms in total. The monoisotopic (exact) mass is 296 g/mol. The Hall–Kier alpha value is -0.810. The molecule has 1 aliphatic heterocycles. The Morgan fingerprint density at radius 2 is 2.16 bits per heavy atom. The molecule has 1 fully saturated rings. The molecule has 2 atom stereocenters. The van der Waals surface area contributed by atoms with Crippen LogP contribution in [0.4, 0.5) is 4.79 Å².